The van der Waals surface area contributed by atoms with Crippen LogP contribution in [0.4, 0.5) is 0 Å². The van der Waals surface area contributed by atoms with E-state index in [9.17, 15) is 0 Å². The summed E-state index contributed by atoms with van der Waals surface area (Å²) < 4.78 is 0. The molecule has 2 N–H and O–H groups in total. The van der Waals surface area contributed by atoms with Gasteiger partial charge in [0.25, 0.3) is 0 Å². The van der Waals surface area contributed by atoms with Crippen LogP contribution in [-0.2, 0) is 0 Å². The largest absolute Gasteiger partial charge is 0.329 e. The molecule has 2 saturated heterocycles. The molecular weight excluding hydrogens is 212 g/mol. The van der Waals surface area contributed by atoms with Gasteiger partial charge < -0.3 is 15.5 Å². The molecule has 0 aromatic rings. The first-order valence-electron chi connectivity index (χ1n) is 7.06. The number of nitrogens with zero attached hydrogens (tertiary/aromatic N) is 3. The van der Waals surface area contributed by atoms with Gasteiger partial charge in [-0.05, 0) is 33.0 Å². The molecule has 17 heavy (non-hydrogen) atoms. The number of likely N-dealkylation sites (N-methyl/N-ethyl adjacent to an activating group) is 1. The first kappa shape index (κ1) is 13.3. The first-order valence-corrected chi connectivity index (χ1v) is 7.06. The molecule has 0 radical (unpaired) electrons. The van der Waals surface area contributed by atoms with E-state index in [0.717, 1.165) is 13.1 Å². The summed E-state index contributed by atoms with van der Waals surface area (Å²) in [5.74, 6) is 0. The highest BCUT2D eigenvalue weighted by Gasteiger charge is 2.41. The maximum Gasteiger partial charge on any atom is 0.0471 e. The summed E-state index contributed by atoms with van der Waals surface area (Å²) in [6.45, 7) is 11.5. The van der Waals surface area contributed by atoms with E-state index in [-0.39, 0.29) is 5.54 Å². The van der Waals surface area contributed by atoms with Gasteiger partial charge in [-0.25, -0.2) is 0 Å². The third-order valence-electron chi connectivity index (χ3n) is 4.49. The van der Waals surface area contributed by atoms with Crippen LogP contribution in [0.25, 0.3) is 0 Å². The Hall–Kier alpha value is -0.160. The zero-order valence-electron chi connectivity index (χ0n) is 11.5. The number of nitrogens with two attached hydrogens (primary N) is 1. The molecule has 0 aromatic carbocycles. The fraction of sp³-hybridized carbons (Fsp3) is 1.00. The predicted molar refractivity (Wildman–Crippen MR) is 72.2 cm³/mol. The minimum atomic E-state index is 0.271. The van der Waals surface area contributed by atoms with E-state index in [0.29, 0.717) is 0 Å². The average molecular weight is 240 g/mol. The Morgan fingerprint density at radius 1 is 1.12 bits per heavy atom. The Bertz CT molecular complexity index is 238. The molecule has 0 aromatic heterocycles. The lowest BCUT2D eigenvalue weighted by molar-refractivity contribution is 0.0422. The lowest BCUT2D eigenvalue weighted by Gasteiger charge is -2.45. The summed E-state index contributed by atoms with van der Waals surface area (Å²) in [5.41, 5.74) is 6.34. The second kappa shape index (κ2) is 5.65. The smallest absolute Gasteiger partial charge is 0.0471 e. The van der Waals surface area contributed by atoms with Crippen LogP contribution in [0.1, 0.15) is 19.8 Å². The van der Waals surface area contributed by atoms with Crippen molar-refractivity contribution >= 4 is 0 Å². The average Bonchev–Trinajstić information content (AvgIpc) is 2.74. The minimum Gasteiger partial charge on any atom is -0.329 e. The summed E-state index contributed by atoms with van der Waals surface area (Å²) >= 11 is 0. The van der Waals surface area contributed by atoms with Crippen molar-refractivity contribution in [2.45, 2.75) is 25.3 Å². The van der Waals surface area contributed by atoms with E-state index in [1.165, 1.54) is 52.1 Å². The molecule has 2 heterocycles. The molecule has 0 saturated carbocycles. The van der Waals surface area contributed by atoms with E-state index in [4.69, 9.17) is 5.73 Å². The Morgan fingerprint density at radius 2 is 1.82 bits per heavy atom. The maximum absolute atomic E-state index is 6.07. The summed E-state index contributed by atoms with van der Waals surface area (Å²) in [4.78, 5) is 7.66. The molecule has 0 aliphatic carbocycles. The van der Waals surface area contributed by atoms with Crippen molar-refractivity contribution in [1.29, 1.82) is 0 Å². The van der Waals surface area contributed by atoms with Gasteiger partial charge in [0, 0.05) is 44.8 Å². The highest BCUT2D eigenvalue weighted by molar-refractivity contribution is 5.00. The van der Waals surface area contributed by atoms with Gasteiger partial charge >= 0.3 is 0 Å². The molecule has 4 heteroatoms. The van der Waals surface area contributed by atoms with E-state index < -0.39 is 0 Å². The fourth-order valence-electron chi connectivity index (χ4n) is 3.38. The van der Waals surface area contributed by atoms with Crippen molar-refractivity contribution in [3.63, 3.8) is 0 Å². The van der Waals surface area contributed by atoms with Gasteiger partial charge in [0.15, 0.2) is 0 Å². The number of hydrogen-bond acceptors (Lipinski definition) is 4. The molecule has 4 nitrogen and oxygen atoms in total. The van der Waals surface area contributed by atoms with E-state index in [1.54, 1.807) is 0 Å². The van der Waals surface area contributed by atoms with Crippen molar-refractivity contribution in [2.24, 2.45) is 5.73 Å². The van der Waals surface area contributed by atoms with Crippen LogP contribution in [-0.4, -0.2) is 79.6 Å². The normalized spacial score (nSPS) is 33.4. The molecule has 0 bridgehead atoms. The second-order valence-electron chi connectivity index (χ2n) is 5.74. The Balaban J connectivity index is 1.90. The van der Waals surface area contributed by atoms with Crippen LogP contribution in [0, 0.1) is 0 Å². The standard InChI is InChI=1S/C13H28N4/c1-3-5-16-7-9-17(10-8-16)13(11-14)4-6-15(2)12-13/h3-12,14H2,1-2H3. The van der Waals surface area contributed by atoms with E-state index >= 15 is 0 Å². The molecule has 2 aliphatic rings. The van der Waals surface area contributed by atoms with E-state index in [2.05, 4.69) is 28.7 Å². The number of hydrogen-bond donors (Lipinski definition) is 1. The lowest BCUT2D eigenvalue weighted by atomic mass is 9.95. The van der Waals surface area contributed by atoms with Crippen LogP contribution < -0.4 is 5.73 Å². The molecule has 0 spiro atoms. The summed E-state index contributed by atoms with van der Waals surface area (Å²) in [7, 11) is 2.21. The predicted octanol–water partition coefficient (Wildman–Crippen LogP) is 0.0470. The molecule has 2 rings (SSSR count). The van der Waals surface area contributed by atoms with Crippen molar-refractivity contribution < 1.29 is 0 Å². The summed E-state index contributed by atoms with van der Waals surface area (Å²) in [5, 5.41) is 0. The molecule has 1 unspecified atom stereocenters. The zero-order chi connectivity index (χ0) is 12.3. The molecule has 0 amide bonds. The summed E-state index contributed by atoms with van der Waals surface area (Å²) in [6, 6.07) is 0. The minimum absolute atomic E-state index is 0.271. The lowest BCUT2D eigenvalue weighted by Crippen LogP contribution is -2.61. The summed E-state index contributed by atoms with van der Waals surface area (Å²) in [6.07, 6.45) is 2.51. The molecule has 2 fully saturated rings. The quantitative estimate of drug-likeness (QED) is 0.753. The van der Waals surface area contributed by atoms with Gasteiger partial charge in [-0.15, -0.1) is 0 Å². The third kappa shape index (κ3) is 2.81. The monoisotopic (exact) mass is 240 g/mol. The molecular formula is C13H28N4. The highest BCUT2D eigenvalue weighted by Crippen LogP contribution is 2.27. The van der Waals surface area contributed by atoms with E-state index in [1.807, 2.05) is 0 Å². The third-order valence-corrected chi connectivity index (χ3v) is 4.49. The molecule has 2 aliphatic heterocycles. The maximum atomic E-state index is 6.07. The molecule has 1 atom stereocenters. The van der Waals surface area contributed by atoms with Crippen molar-refractivity contribution in [3.05, 3.63) is 0 Å². The molecule has 100 valence electrons. The van der Waals surface area contributed by atoms with Gasteiger partial charge in [0.05, 0.1) is 0 Å². The van der Waals surface area contributed by atoms with Gasteiger partial charge in [0.2, 0.25) is 0 Å². The van der Waals surface area contributed by atoms with Crippen LogP contribution in [0.2, 0.25) is 0 Å². The van der Waals surface area contributed by atoms with Crippen molar-refractivity contribution in [1.82, 2.24) is 14.7 Å². The number of piperazine rings is 1. The zero-order valence-corrected chi connectivity index (χ0v) is 11.5. The first-order chi connectivity index (χ1) is 8.20. The Morgan fingerprint density at radius 3 is 2.29 bits per heavy atom. The Labute approximate surface area is 106 Å². The van der Waals surface area contributed by atoms with Crippen LogP contribution >= 0.6 is 0 Å². The van der Waals surface area contributed by atoms with Crippen LogP contribution in [0.15, 0.2) is 0 Å². The van der Waals surface area contributed by atoms with Crippen LogP contribution in [0.3, 0.4) is 0 Å². The topological polar surface area (TPSA) is 35.7 Å². The van der Waals surface area contributed by atoms with Crippen molar-refractivity contribution in [2.75, 3.05) is 59.4 Å². The van der Waals surface area contributed by atoms with Crippen LogP contribution in [0.5, 0.6) is 0 Å². The fourth-order valence-corrected chi connectivity index (χ4v) is 3.38. The van der Waals surface area contributed by atoms with Crippen molar-refractivity contribution in [3.8, 4) is 0 Å². The number of likely N-dealkylation sites (tertiary alicyclic amines) is 1. The SMILES string of the molecule is CCCN1CCN(C2(CN)CCN(C)C2)CC1. The number of rotatable bonds is 4. The highest BCUT2D eigenvalue weighted by atomic mass is 15.3. The van der Waals surface area contributed by atoms with Gasteiger partial charge in [-0.1, -0.05) is 6.92 Å². The Kier molecular flexibility index (Phi) is 4.42. The van der Waals surface area contributed by atoms with Gasteiger partial charge in [0.1, 0.15) is 0 Å². The van der Waals surface area contributed by atoms with Gasteiger partial charge in [-0.2, -0.15) is 0 Å². The second-order valence-corrected chi connectivity index (χ2v) is 5.74. The van der Waals surface area contributed by atoms with Gasteiger partial charge in [-0.3, -0.25) is 4.90 Å².